The molecule has 1 aliphatic heterocycles. The average molecular weight is 405 g/mol. The van der Waals surface area contributed by atoms with Crippen LogP contribution in [-0.2, 0) is 17.1 Å². The van der Waals surface area contributed by atoms with Gasteiger partial charge in [0.2, 0.25) is 10.0 Å². The maximum atomic E-state index is 13.0. The lowest BCUT2D eigenvalue weighted by Gasteiger charge is -2.35. The summed E-state index contributed by atoms with van der Waals surface area (Å²) in [6.45, 7) is 1.50. The summed E-state index contributed by atoms with van der Waals surface area (Å²) in [6.07, 6.45) is 7.60. The Morgan fingerprint density at radius 3 is 2.46 bits per heavy atom. The molecule has 8 heteroatoms. The summed E-state index contributed by atoms with van der Waals surface area (Å²) in [5, 5.41) is 4.02. The third-order valence-electron chi connectivity index (χ3n) is 5.95. The summed E-state index contributed by atoms with van der Waals surface area (Å²) in [6, 6.07) is 7.36. The summed E-state index contributed by atoms with van der Waals surface area (Å²) >= 11 is 0. The van der Waals surface area contributed by atoms with Crippen molar-refractivity contribution in [2.45, 2.75) is 43.0 Å². The van der Waals surface area contributed by atoms with Gasteiger partial charge in [0.05, 0.1) is 4.90 Å². The lowest BCUT2D eigenvalue weighted by atomic mass is 9.96. The number of carbonyl (C=O) groups is 1. The van der Waals surface area contributed by atoms with Crippen molar-refractivity contribution in [2.24, 2.45) is 7.05 Å². The van der Waals surface area contributed by atoms with Gasteiger partial charge in [-0.2, -0.15) is 4.31 Å². The third kappa shape index (κ3) is 3.75. The second-order valence-corrected chi connectivity index (χ2v) is 9.76. The Kier molecular flexibility index (Phi) is 5.33. The number of aromatic nitrogens is 1. The Labute approximate surface area is 166 Å². The van der Waals surface area contributed by atoms with Crippen LogP contribution in [0.5, 0.6) is 0 Å². The van der Waals surface area contributed by atoms with Crippen LogP contribution in [0.3, 0.4) is 0 Å². The van der Waals surface area contributed by atoms with E-state index >= 15 is 0 Å². The number of hydrogen-bond acceptors (Lipinski definition) is 3. The van der Waals surface area contributed by atoms with Crippen molar-refractivity contribution in [3.05, 3.63) is 30.5 Å². The van der Waals surface area contributed by atoms with E-state index in [0.29, 0.717) is 31.1 Å². The van der Waals surface area contributed by atoms with E-state index in [1.54, 1.807) is 17.0 Å². The van der Waals surface area contributed by atoms with E-state index in [9.17, 15) is 13.2 Å². The third-order valence-corrected chi connectivity index (χ3v) is 7.85. The summed E-state index contributed by atoms with van der Waals surface area (Å²) in [4.78, 5) is 14.5. The minimum Gasteiger partial charge on any atom is -0.351 e. The SMILES string of the molecule is Cn1ccc2cc(S(=O)(=O)N3CCN(C(=O)NC4CCCCC4)CC3)ccc21. The first-order valence-corrected chi connectivity index (χ1v) is 11.5. The van der Waals surface area contributed by atoms with Crippen LogP contribution in [0.1, 0.15) is 32.1 Å². The van der Waals surface area contributed by atoms with Crippen molar-refractivity contribution in [1.82, 2.24) is 19.1 Å². The summed E-state index contributed by atoms with van der Waals surface area (Å²) in [7, 11) is -1.62. The molecular weight excluding hydrogens is 376 g/mol. The van der Waals surface area contributed by atoms with E-state index in [4.69, 9.17) is 0 Å². The van der Waals surface area contributed by atoms with E-state index in [1.807, 2.05) is 29.9 Å². The van der Waals surface area contributed by atoms with Gasteiger partial charge in [0.15, 0.2) is 0 Å². The lowest BCUT2D eigenvalue weighted by Crippen LogP contribution is -2.54. The standard InChI is InChI=1S/C20H28N4O3S/c1-22-10-9-16-15-18(7-8-19(16)22)28(26,27)24-13-11-23(12-14-24)20(25)21-17-5-3-2-4-6-17/h7-10,15,17H,2-6,11-14H2,1H3,(H,21,25). The van der Waals surface area contributed by atoms with Gasteiger partial charge in [-0.25, -0.2) is 13.2 Å². The van der Waals surface area contributed by atoms with Crippen molar-refractivity contribution in [2.75, 3.05) is 26.2 Å². The molecule has 2 aromatic rings. The van der Waals surface area contributed by atoms with Crippen LogP contribution < -0.4 is 5.32 Å². The first-order valence-electron chi connectivity index (χ1n) is 10.1. The fraction of sp³-hybridized carbons (Fsp3) is 0.550. The molecule has 1 saturated heterocycles. The van der Waals surface area contributed by atoms with Crippen LogP contribution in [0.15, 0.2) is 35.4 Å². The molecule has 2 amide bonds. The lowest BCUT2D eigenvalue weighted by molar-refractivity contribution is 0.166. The van der Waals surface area contributed by atoms with Gasteiger partial charge in [0.25, 0.3) is 0 Å². The quantitative estimate of drug-likeness (QED) is 0.854. The monoisotopic (exact) mass is 404 g/mol. The molecule has 152 valence electrons. The van der Waals surface area contributed by atoms with Crippen LogP contribution >= 0.6 is 0 Å². The highest BCUT2D eigenvalue weighted by molar-refractivity contribution is 7.89. The van der Waals surface area contributed by atoms with Crippen molar-refractivity contribution in [3.8, 4) is 0 Å². The normalized spacial score (nSPS) is 19.8. The van der Waals surface area contributed by atoms with Crippen molar-refractivity contribution < 1.29 is 13.2 Å². The molecule has 1 aromatic heterocycles. The number of nitrogens with zero attached hydrogens (tertiary/aromatic N) is 3. The minimum atomic E-state index is -3.55. The number of rotatable bonds is 3. The molecule has 0 bridgehead atoms. The number of urea groups is 1. The summed E-state index contributed by atoms with van der Waals surface area (Å²) < 4.78 is 29.5. The molecular formula is C20H28N4O3S. The minimum absolute atomic E-state index is 0.0605. The highest BCUT2D eigenvalue weighted by Gasteiger charge is 2.31. The van der Waals surface area contributed by atoms with Crippen LogP contribution in [0.2, 0.25) is 0 Å². The zero-order chi connectivity index (χ0) is 19.7. The number of sulfonamides is 1. The topological polar surface area (TPSA) is 74.7 Å². The number of aryl methyl sites for hydroxylation is 1. The van der Waals surface area contributed by atoms with E-state index in [1.165, 1.54) is 23.6 Å². The molecule has 0 spiro atoms. The number of hydrogen-bond donors (Lipinski definition) is 1. The molecule has 4 rings (SSSR count). The van der Waals surface area contributed by atoms with Gasteiger partial charge in [-0.05, 0) is 37.1 Å². The van der Waals surface area contributed by atoms with Gasteiger partial charge >= 0.3 is 6.03 Å². The highest BCUT2D eigenvalue weighted by atomic mass is 32.2. The van der Waals surface area contributed by atoms with Crippen LogP contribution in [0.25, 0.3) is 10.9 Å². The van der Waals surface area contributed by atoms with Gasteiger partial charge in [0.1, 0.15) is 0 Å². The molecule has 28 heavy (non-hydrogen) atoms. The summed E-state index contributed by atoms with van der Waals surface area (Å²) in [5.41, 5.74) is 1.00. The maximum absolute atomic E-state index is 13.0. The van der Waals surface area contributed by atoms with E-state index in [-0.39, 0.29) is 12.1 Å². The number of nitrogens with one attached hydrogen (secondary N) is 1. The predicted octanol–water partition coefficient (Wildman–Crippen LogP) is 2.53. The highest BCUT2D eigenvalue weighted by Crippen LogP contribution is 2.23. The fourth-order valence-electron chi connectivity index (χ4n) is 4.21. The number of benzene rings is 1. The van der Waals surface area contributed by atoms with Crippen molar-refractivity contribution in [3.63, 3.8) is 0 Å². The van der Waals surface area contributed by atoms with Crippen LogP contribution in [0, 0.1) is 0 Å². The molecule has 0 radical (unpaired) electrons. The number of carbonyl (C=O) groups excluding carboxylic acids is 1. The molecule has 0 atom stereocenters. The Bertz CT molecular complexity index is 955. The zero-order valence-corrected chi connectivity index (χ0v) is 17.1. The molecule has 1 aliphatic carbocycles. The second kappa shape index (κ2) is 7.75. The van der Waals surface area contributed by atoms with E-state index in [0.717, 1.165) is 23.7 Å². The number of fused-ring (bicyclic) bond motifs is 1. The van der Waals surface area contributed by atoms with Gasteiger partial charge in [0, 0.05) is 56.4 Å². The molecule has 2 aliphatic rings. The van der Waals surface area contributed by atoms with Gasteiger partial charge in [-0.1, -0.05) is 19.3 Å². The van der Waals surface area contributed by atoms with E-state index in [2.05, 4.69) is 5.32 Å². The number of piperazine rings is 1. The van der Waals surface area contributed by atoms with Gasteiger partial charge in [-0.3, -0.25) is 0 Å². The Morgan fingerprint density at radius 2 is 1.75 bits per heavy atom. The van der Waals surface area contributed by atoms with E-state index < -0.39 is 10.0 Å². The first kappa shape index (κ1) is 19.3. The van der Waals surface area contributed by atoms with Crippen LogP contribution in [-0.4, -0.2) is 60.4 Å². The Hall–Kier alpha value is -2.06. The molecule has 7 nitrogen and oxygen atoms in total. The van der Waals surface area contributed by atoms with Gasteiger partial charge in [-0.15, -0.1) is 0 Å². The largest absolute Gasteiger partial charge is 0.351 e. The smallest absolute Gasteiger partial charge is 0.317 e. The average Bonchev–Trinajstić information content (AvgIpc) is 3.09. The van der Waals surface area contributed by atoms with Crippen molar-refractivity contribution in [1.29, 1.82) is 0 Å². The van der Waals surface area contributed by atoms with Crippen molar-refractivity contribution >= 4 is 27.0 Å². The summed E-state index contributed by atoms with van der Waals surface area (Å²) in [5.74, 6) is 0. The Morgan fingerprint density at radius 1 is 1.04 bits per heavy atom. The predicted molar refractivity (Wildman–Crippen MR) is 109 cm³/mol. The molecule has 1 saturated carbocycles. The second-order valence-electron chi connectivity index (χ2n) is 7.82. The van der Waals surface area contributed by atoms with Gasteiger partial charge < -0.3 is 14.8 Å². The van der Waals surface area contributed by atoms with Crippen LogP contribution in [0.4, 0.5) is 4.79 Å². The zero-order valence-electron chi connectivity index (χ0n) is 16.3. The fourth-order valence-corrected chi connectivity index (χ4v) is 5.67. The molecule has 2 fully saturated rings. The number of amides is 2. The Balaban J connectivity index is 1.39. The molecule has 1 aromatic carbocycles. The molecule has 1 N–H and O–H groups in total. The molecule has 0 unspecified atom stereocenters. The maximum Gasteiger partial charge on any atom is 0.317 e. The molecule has 2 heterocycles. The first-order chi connectivity index (χ1) is 13.4.